The summed E-state index contributed by atoms with van der Waals surface area (Å²) in [4.78, 5) is 23.6. The number of aromatic nitrogens is 1. The number of ether oxygens (including phenoxy) is 1. The van der Waals surface area contributed by atoms with E-state index in [9.17, 15) is 9.36 Å². The molecule has 0 aliphatic heterocycles. The van der Waals surface area contributed by atoms with Crippen LogP contribution in [0.4, 0.5) is 5.13 Å². The molecule has 5 atom stereocenters. The number of phosphoric ester groups is 1. The Kier molecular flexibility index (Phi) is 10.6. The van der Waals surface area contributed by atoms with Gasteiger partial charge in [0.05, 0.1) is 16.9 Å². The SMILES string of the molecule is CON=C1C[C@@H](CCC(=O)Nc2ncc(C)s2)C2C3CCc4cc(OCOP(=O)(OC(C)(C)C)OC(C)(C)C)ccc4C3CC[C@]12C. The summed E-state index contributed by atoms with van der Waals surface area (Å²) < 4.78 is 36.4. The van der Waals surface area contributed by atoms with Gasteiger partial charge in [-0.1, -0.05) is 18.1 Å². The third kappa shape index (κ3) is 8.66. The number of thiazole rings is 1. The monoisotopic (exact) mass is 689 g/mol. The molecule has 0 saturated heterocycles. The number of carbonyl (C=O) groups is 1. The summed E-state index contributed by atoms with van der Waals surface area (Å²) in [5, 5.41) is 8.19. The molecule has 10 nitrogen and oxygen atoms in total. The van der Waals surface area contributed by atoms with Crippen molar-refractivity contribution in [2.45, 2.75) is 117 Å². The van der Waals surface area contributed by atoms with Gasteiger partial charge in [0.25, 0.3) is 0 Å². The highest BCUT2D eigenvalue weighted by atomic mass is 32.1. The Labute approximate surface area is 283 Å². The highest BCUT2D eigenvalue weighted by Crippen LogP contribution is 2.62. The van der Waals surface area contributed by atoms with Gasteiger partial charge in [-0.25, -0.2) is 14.1 Å². The summed E-state index contributed by atoms with van der Waals surface area (Å²) >= 11 is 1.50. The van der Waals surface area contributed by atoms with Gasteiger partial charge >= 0.3 is 7.82 Å². The summed E-state index contributed by atoms with van der Waals surface area (Å²) in [6.07, 6.45) is 8.02. The fourth-order valence-corrected chi connectivity index (χ4v) is 10.4. The van der Waals surface area contributed by atoms with E-state index in [0.717, 1.165) is 49.1 Å². The highest BCUT2D eigenvalue weighted by molar-refractivity contribution is 7.48. The summed E-state index contributed by atoms with van der Waals surface area (Å²) in [5.74, 6) is 2.37. The van der Waals surface area contributed by atoms with E-state index in [1.807, 2.05) is 13.0 Å². The van der Waals surface area contributed by atoms with Gasteiger partial charge in [0.1, 0.15) is 12.9 Å². The maximum atomic E-state index is 13.4. The van der Waals surface area contributed by atoms with Crippen LogP contribution in [0.3, 0.4) is 0 Å². The maximum Gasteiger partial charge on any atom is 0.478 e. The van der Waals surface area contributed by atoms with Crippen molar-refractivity contribution in [3.63, 3.8) is 0 Å². The molecule has 12 heteroatoms. The molecule has 1 amide bonds. The lowest BCUT2D eigenvalue weighted by molar-refractivity contribution is -0.116. The van der Waals surface area contributed by atoms with Crippen molar-refractivity contribution >= 4 is 35.9 Å². The predicted molar refractivity (Wildman–Crippen MR) is 185 cm³/mol. The van der Waals surface area contributed by atoms with Crippen molar-refractivity contribution in [3.8, 4) is 5.75 Å². The Hall–Kier alpha value is -2.30. The first-order valence-corrected chi connectivity index (χ1v) is 19.0. The number of carbonyl (C=O) groups excluding carboxylic acids is 1. The van der Waals surface area contributed by atoms with Crippen molar-refractivity contribution in [1.82, 2.24) is 4.98 Å². The number of amides is 1. The second-order valence-corrected chi connectivity index (χ2v) is 18.2. The van der Waals surface area contributed by atoms with Gasteiger partial charge in [0.15, 0.2) is 11.9 Å². The molecule has 3 aliphatic rings. The Morgan fingerprint density at radius 1 is 1.15 bits per heavy atom. The minimum Gasteiger partial charge on any atom is -0.467 e. The van der Waals surface area contributed by atoms with Gasteiger partial charge in [-0.15, -0.1) is 11.3 Å². The van der Waals surface area contributed by atoms with Crippen LogP contribution in [0.2, 0.25) is 0 Å². The average molecular weight is 690 g/mol. The average Bonchev–Trinajstić information content (AvgIpc) is 3.48. The van der Waals surface area contributed by atoms with E-state index >= 15 is 0 Å². The molecule has 1 heterocycles. The first kappa shape index (κ1) is 36.0. The smallest absolute Gasteiger partial charge is 0.467 e. The third-order valence-electron chi connectivity index (χ3n) is 9.59. The second-order valence-electron chi connectivity index (χ2n) is 15.4. The topological polar surface area (TPSA) is 118 Å². The lowest BCUT2D eigenvalue weighted by Gasteiger charge is -2.50. The van der Waals surface area contributed by atoms with Crippen LogP contribution in [-0.2, 0) is 34.2 Å². The summed E-state index contributed by atoms with van der Waals surface area (Å²) in [5.41, 5.74) is 2.32. The van der Waals surface area contributed by atoms with Crippen molar-refractivity contribution in [3.05, 3.63) is 40.4 Å². The van der Waals surface area contributed by atoms with Crippen LogP contribution in [0.1, 0.15) is 109 Å². The van der Waals surface area contributed by atoms with Crippen molar-refractivity contribution in [1.29, 1.82) is 0 Å². The van der Waals surface area contributed by atoms with Crippen LogP contribution in [-0.4, -0.2) is 41.7 Å². The minimum atomic E-state index is -3.88. The van der Waals surface area contributed by atoms with E-state index in [-0.39, 0.29) is 18.1 Å². The standard InChI is InChI=1S/C35H52N3O7PS/c1-22-20-36-32(47-22)37-30(39)15-11-24-19-29(38-41-9)35(8)17-16-27-26-14-12-25(18-23(26)10-13-28(27)31(24)35)42-21-43-46(40,44-33(2,3)4)45-34(5,6)7/h12,14,18,20,24,27-28,31H,10-11,13,15-17,19,21H2,1-9H3,(H,36,37,39)/t24-,27?,28?,31?,35-/m1/s1. The molecule has 5 rings (SSSR count). The Balaban J connectivity index is 1.27. The Morgan fingerprint density at radius 3 is 2.51 bits per heavy atom. The molecule has 1 aromatic heterocycles. The van der Waals surface area contributed by atoms with Gasteiger partial charge in [-0.2, -0.15) is 0 Å². The first-order valence-electron chi connectivity index (χ1n) is 16.7. The molecule has 0 spiro atoms. The molecule has 0 radical (unpaired) electrons. The second kappa shape index (κ2) is 13.9. The molecule has 1 aromatic carbocycles. The Morgan fingerprint density at radius 2 is 1.87 bits per heavy atom. The van der Waals surface area contributed by atoms with E-state index in [1.54, 1.807) is 54.8 Å². The van der Waals surface area contributed by atoms with Crippen LogP contribution in [0.5, 0.6) is 5.75 Å². The molecular formula is C35H52N3O7PS. The maximum absolute atomic E-state index is 13.4. The molecule has 3 unspecified atom stereocenters. The largest absolute Gasteiger partial charge is 0.478 e. The fourth-order valence-electron chi connectivity index (χ4n) is 8.06. The quantitative estimate of drug-likeness (QED) is 0.141. The zero-order chi connectivity index (χ0) is 34.2. The van der Waals surface area contributed by atoms with Gasteiger partial charge in [0, 0.05) is 22.9 Å². The van der Waals surface area contributed by atoms with Crippen molar-refractivity contribution in [2.75, 3.05) is 19.2 Å². The van der Waals surface area contributed by atoms with Gasteiger partial charge < -0.3 is 14.9 Å². The van der Waals surface area contributed by atoms with Crippen LogP contribution in [0, 0.1) is 30.1 Å². The predicted octanol–water partition coefficient (Wildman–Crippen LogP) is 9.05. The summed E-state index contributed by atoms with van der Waals surface area (Å²) in [6, 6.07) is 6.27. The number of oxime groups is 1. The van der Waals surface area contributed by atoms with Crippen LogP contribution in [0.15, 0.2) is 29.6 Å². The third-order valence-corrected chi connectivity index (χ3v) is 12.4. The van der Waals surface area contributed by atoms with E-state index in [2.05, 4.69) is 34.5 Å². The van der Waals surface area contributed by atoms with Gasteiger partial charge in [0.2, 0.25) is 5.91 Å². The van der Waals surface area contributed by atoms with Crippen LogP contribution < -0.4 is 10.1 Å². The number of nitrogens with one attached hydrogen (secondary N) is 1. The van der Waals surface area contributed by atoms with Crippen molar-refractivity contribution in [2.24, 2.45) is 28.3 Å². The highest BCUT2D eigenvalue weighted by Gasteiger charge is 2.57. The first-order chi connectivity index (χ1) is 22.0. The fraction of sp³-hybridized carbons (Fsp3) is 0.686. The molecule has 47 heavy (non-hydrogen) atoms. The minimum absolute atomic E-state index is 0.0160. The number of aryl methyl sites for hydroxylation is 2. The van der Waals surface area contributed by atoms with E-state index in [1.165, 1.54) is 22.5 Å². The number of fused-ring (bicyclic) bond motifs is 5. The molecule has 2 saturated carbocycles. The lowest BCUT2D eigenvalue weighted by atomic mass is 9.54. The summed E-state index contributed by atoms with van der Waals surface area (Å²) in [6.45, 7) is 14.9. The van der Waals surface area contributed by atoms with Crippen LogP contribution >= 0.6 is 19.2 Å². The normalized spacial score (nSPS) is 26.8. The molecule has 2 fully saturated rings. The zero-order valence-electron chi connectivity index (χ0n) is 29.4. The molecule has 260 valence electrons. The van der Waals surface area contributed by atoms with Gasteiger partial charge in [-0.3, -0.25) is 13.8 Å². The Bertz CT molecular complexity index is 1490. The number of anilines is 1. The van der Waals surface area contributed by atoms with E-state index in [4.69, 9.17) is 23.1 Å². The van der Waals surface area contributed by atoms with Crippen molar-refractivity contribution < 1.29 is 32.5 Å². The lowest BCUT2D eigenvalue weighted by Crippen LogP contribution is -2.44. The number of rotatable bonds is 11. The van der Waals surface area contributed by atoms with E-state index in [0.29, 0.717) is 41.0 Å². The van der Waals surface area contributed by atoms with Crippen LogP contribution in [0.25, 0.3) is 0 Å². The molecule has 3 aliphatic carbocycles. The molecule has 1 N–H and O–H groups in total. The number of benzene rings is 1. The van der Waals surface area contributed by atoms with E-state index < -0.39 is 19.0 Å². The number of hydrogen-bond acceptors (Lipinski definition) is 10. The summed E-state index contributed by atoms with van der Waals surface area (Å²) in [7, 11) is -2.25. The number of nitrogens with zero attached hydrogens (tertiary/aromatic N) is 2. The molecule has 0 bridgehead atoms. The zero-order valence-corrected chi connectivity index (χ0v) is 31.1. The number of hydrogen-bond donors (Lipinski definition) is 1. The van der Waals surface area contributed by atoms with Gasteiger partial charge in [-0.05, 0) is 134 Å². The molecule has 2 aromatic rings. The number of phosphoric acid groups is 1. The molecular weight excluding hydrogens is 637 g/mol.